The molecule has 3 heteroatoms. The number of anilines is 1. The van der Waals surface area contributed by atoms with E-state index < -0.39 is 0 Å². The first-order chi connectivity index (χ1) is 9.84. The lowest BCUT2D eigenvalue weighted by atomic mass is 9.98. The molecule has 4 rings (SSSR count). The number of nitrogens with zero attached hydrogens (tertiary/aromatic N) is 2. The molecule has 0 saturated heterocycles. The third-order valence-corrected chi connectivity index (χ3v) is 3.85. The molecule has 0 radical (unpaired) electrons. The summed E-state index contributed by atoms with van der Waals surface area (Å²) in [6, 6.07) is 14.9. The van der Waals surface area contributed by atoms with E-state index in [0.717, 1.165) is 17.7 Å². The van der Waals surface area contributed by atoms with Crippen molar-refractivity contribution in [3.05, 3.63) is 66.1 Å². The average molecular weight is 259 g/mol. The van der Waals surface area contributed by atoms with Crippen molar-refractivity contribution in [2.24, 2.45) is 0 Å². The van der Waals surface area contributed by atoms with Gasteiger partial charge in [-0.25, -0.2) is 9.97 Å². The maximum atomic E-state index is 6.03. The van der Waals surface area contributed by atoms with E-state index in [-0.39, 0.29) is 0 Å². The van der Waals surface area contributed by atoms with Crippen LogP contribution < -0.4 is 5.73 Å². The Bertz CT molecular complexity index is 809. The molecule has 1 heterocycles. The van der Waals surface area contributed by atoms with Gasteiger partial charge in [-0.15, -0.1) is 0 Å². The zero-order valence-electron chi connectivity index (χ0n) is 10.9. The summed E-state index contributed by atoms with van der Waals surface area (Å²) in [5.41, 5.74) is 13.9. The van der Waals surface area contributed by atoms with Gasteiger partial charge in [0.25, 0.3) is 0 Å². The summed E-state index contributed by atoms with van der Waals surface area (Å²) in [5, 5.41) is 0. The molecule has 20 heavy (non-hydrogen) atoms. The minimum atomic E-state index is 0.622. The van der Waals surface area contributed by atoms with Crippen LogP contribution in [0.1, 0.15) is 11.1 Å². The number of hydrogen-bond donors (Lipinski definition) is 1. The van der Waals surface area contributed by atoms with Crippen LogP contribution >= 0.6 is 0 Å². The maximum Gasteiger partial charge on any atom is 0.116 e. The molecule has 3 aromatic rings. The molecule has 2 aromatic carbocycles. The number of aromatic nitrogens is 2. The van der Waals surface area contributed by atoms with E-state index in [1.807, 2.05) is 0 Å². The molecule has 0 bridgehead atoms. The van der Waals surface area contributed by atoms with Crippen molar-refractivity contribution < 1.29 is 0 Å². The molecule has 0 atom stereocenters. The van der Waals surface area contributed by atoms with Crippen LogP contribution in [-0.2, 0) is 6.42 Å². The van der Waals surface area contributed by atoms with Crippen LogP contribution in [-0.4, -0.2) is 9.97 Å². The summed E-state index contributed by atoms with van der Waals surface area (Å²) in [5.74, 6) is 0. The fourth-order valence-electron chi connectivity index (χ4n) is 2.94. The van der Waals surface area contributed by atoms with Crippen LogP contribution in [0.2, 0.25) is 0 Å². The van der Waals surface area contributed by atoms with E-state index >= 15 is 0 Å². The molecule has 2 N–H and O–H groups in total. The van der Waals surface area contributed by atoms with Crippen molar-refractivity contribution >= 4 is 5.69 Å². The third kappa shape index (κ3) is 1.53. The Labute approximate surface area is 117 Å². The summed E-state index contributed by atoms with van der Waals surface area (Å²) in [7, 11) is 0. The minimum absolute atomic E-state index is 0.622. The standard InChI is InChI=1S/C17H13N3/c18-16-9-19-10-20-17(16)14-7-3-6-13-12-5-2-1-4-11(12)8-15(13)14/h1-7,9-10H,8,18H2. The van der Waals surface area contributed by atoms with Gasteiger partial charge >= 0.3 is 0 Å². The number of benzene rings is 2. The van der Waals surface area contributed by atoms with Gasteiger partial charge < -0.3 is 5.73 Å². The van der Waals surface area contributed by atoms with Gasteiger partial charge in [-0.3, -0.25) is 0 Å². The number of nitrogens with two attached hydrogens (primary N) is 1. The van der Waals surface area contributed by atoms with Crippen molar-refractivity contribution in [3.8, 4) is 22.4 Å². The van der Waals surface area contributed by atoms with Crippen molar-refractivity contribution in [2.45, 2.75) is 6.42 Å². The van der Waals surface area contributed by atoms with Gasteiger partial charge in [-0.1, -0.05) is 42.5 Å². The lowest BCUT2D eigenvalue weighted by molar-refractivity contribution is 1.16. The highest BCUT2D eigenvalue weighted by atomic mass is 14.9. The second-order valence-corrected chi connectivity index (χ2v) is 4.99. The minimum Gasteiger partial charge on any atom is -0.396 e. The van der Waals surface area contributed by atoms with Gasteiger partial charge in [0.2, 0.25) is 0 Å². The van der Waals surface area contributed by atoms with E-state index in [9.17, 15) is 0 Å². The van der Waals surface area contributed by atoms with E-state index in [4.69, 9.17) is 5.73 Å². The number of hydrogen-bond acceptors (Lipinski definition) is 3. The van der Waals surface area contributed by atoms with Crippen LogP contribution in [0.5, 0.6) is 0 Å². The van der Waals surface area contributed by atoms with Gasteiger partial charge in [0.05, 0.1) is 17.6 Å². The zero-order chi connectivity index (χ0) is 13.5. The summed E-state index contributed by atoms with van der Waals surface area (Å²) in [6.45, 7) is 0. The second-order valence-electron chi connectivity index (χ2n) is 4.99. The smallest absolute Gasteiger partial charge is 0.116 e. The number of fused-ring (bicyclic) bond motifs is 3. The van der Waals surface area contributed by atoms with Crippen molar-refractivity contribution in [1.82, 2.24) is 9.97 Å². The topological polar surface area (TPSA) is 51.8 Å². The molecule has 0 fully saturated rings. The normalized spacial score (nSPS) is 12.0. The molecule has 0 unspecified atom stereocenters. The maximum absolute atomic E-state index is 6.03. The van der Waals surface area contributed by atoms with Crippen LogP contribution in [0.3, 0.4) is 0 Å². The number of nitrogen functional groups attached to an aromatic ring is 1. The Morgan fingerprint density at radius 1 is 0.900 bits per heavy atom. The van der Waals surface area contributed by atoms with Crippen LogP contribution in [0.25, 0.3) is 22.4 Å². The van der Waals surface area contributed by atoms with Crippen LogP contribution in [0.15, 0.2) is 55.0 Å². The highest BCUT2D eigenvalue weighted by molar-refractivity contribution is 5.86. The summed E-state index contributed by atoms with van der Waals surface area (Å²) < 4.78 is 0. The Morgan fingerprint density at radius 2 is 1.70 bits per heavy atom. The number of rotatable bonds is 1. The zero-order valence-corrected chi connectivity index (χ0v) is 10.9. The van der Waals surface area contributed by atoms with E-state index in [1.54, 1.807) is 12.5 Å². The molecule has 0 saturated carbocycles. The molecule has 1 aliphatic rings. The lowest BCUT2D eigenvalue weighted by Crippen LogP contribution is -1.97. The molecule has 96 valence electrons. The summed E-state index contributed by atoms with van der Waals surface area (Å²) in [4.78, 5) is 8.32. The summed E-state index contributed by atoms with van der Waals surface area (Å²) in [6.07, 6.45) is 4.14. The second kappa shape index (κ2) is 4.17. The molecule has 0 amide bonds. The van der Waals surface area contributed by atoms with Gasteiger partial charge in [-0.2, -0.15) is 0 Å². The van der Waals surface area contributed by atoms with E-state index in [2.05, 4.69) is 52.4 Å². The lowest BCUT2D eigenvalue weighted by Gasteiger charge is -2.09. The van der Waals surface area contributed by atoms with Crippen molar-refractivity contribution in [1.29, 1.82) is 0 Å². The van der Waals surface area contributed by atoms with Gasteiger partial charge in [0.1, 0.15) is 6.33 Å². The molecule has 0 spiro atoms. The molecule has 3 nitrogen and oxygen atoms in total. The Hall–Kier alpha value is -2.68. The first kappa shape index (κ1) is 11.2. The Kier molecular flexibility index (Phi) is 2.33. The summed E-state index contributed by atoms with van der Waals surface area (Å²) >= 11 is 0. The predicted molar refractivity (Wildman–Crippen MR) is 80.1 cm³/mol. The molecular weight excluding hydrogens is 246 g/mol. The van der Waals surface area contributed by atoms with Crippen LogP contribution in [0, 0.1) is 0 Å². The molecule has 0 aliphatic heterocycles. The van der Waals surface area contributed by atoms with Crippen molar-refractivity contribution in [3.63, 3.8) is 0 Å². The highest BCUT2D eigenvalue weighted by Gasteiger charge is 2.22. The first-order valence-corrected chi connectivity index (χ1v) is 6.60. The Morgan fingerprint density at radius 3 is 2.60 bits per heavy atom. The molecular formula is C17H13N3. The predicted octanol–water partition coefficient (Wildman–Crippen LogP) is 3.30. The van der Waals surface area contributed by atoms with Crippen molar-refractivity contribution in [2.75, 3.05) is 5.73 Å². The Balaban J connectivity index is 1.97. The third-order valence-electron chi connectivity index (χ3n) is 3.85. The van der Waals surface area contributed by atoms with E-state index in [1.165, 1.54) is 22.3 Å². The fourth-order valence-corrected chi connectivity index (χ4v) is 2.94. The highest BCUT2D eigenvalue weighted by Crippen LogP contribution is 2.41. The van der Waals surface area contributed by atoms with E-state index in [0.29, 0.717) is 5.69 Å². The largest absolute Gasteiger partial charge is 0.396 e. The van der Waals surface area contributed by atoms with Gasteiger partial charge in [-0.05, 0) is 28.7 Å². The fraction of sp³-hybridized carbons (Fsp3) is 0.0588. The monoisotopic (exact) mass is 259 g/mol. The SMILES string of the molecule is Nc1cncnc1-c1cccc2c1Cc1ccccc1-2. The quantitative estimate of drug-likeness (QED) is 0.570. The molecule has 1 aliphatic carbocycles. The average Bonchev–Trinajstić information content (AvgIpc) is 2.86. The van der Waals surface area contributed by atoms with Crippen LogP contribution in [0.4, 0.5) is 5.69 Å². The first-order valence-electron chi connectivity index (χ1n) is 6.60. The van der Waals surface area contributed by atoms with Gasteiger partial charge in [0.15, 0.2) is 0 Å². The van der Waals surface area contributed by atoms with Gasteiger partial charge in [0, 0.05) is 5.56 Å². The molecule has 1 aromatic heterocycles.